The molecule has 3 N–H and O–H groups in total. The first-order valence-corrected chi connectivity index (χ1v) is 10.9. The number of likely N-dealkylation sites (tertiary alicyclic amines) is 2. The minimum Gasteiger partial charge on any atom is -0.370 e. The summed E-state index contributed by atoms with van der Waals surface area (Å²) in [6, 6.07) is 0. The van der Waals surface area contributed by atoms with Crippen molar-refractivity contribution in [2.75, 3.05) is 45.8 Å². The lowest BCUT2D eigenvalue weighted by Gasteiger charge is -2.40. The molecule has 2 fully saturated rings. The maximum atomic E-state index is 11.9. The van der Waals surface area contributed by atoms with E-state index in [2.05, 4.69) is 29.0 Å². The van der Waals surface area contributed by atoms with E-state index in [1.807, 2.05) is 0 Å². The van der Waals surface area contributed by atoms with Crippen LogP contribution in [-0.2, 0) is 9.59 Å². The Labute approximate surface area is 165 Å². The molecule has 0 unspecified atom stereocenters. The topological polar surface area (TPSA) is 78.7 Å². The monoisotopic (exact) mass is 380 g/mol. The van der Waals surface area contributed by atoms with Crippen LogP contribution < -0.4 is 11.1 Å². The molecule has 0 spiro atoms. The zero-order valence-corrected chi connectivity index (χ0v) is 17.4. The standard InChI is InChI=1S/C21H40N4O2/c1-17(2)3-10-23-21(27)9-16-25-13-6-19(7-14-25)18-4-11-24(12-5-18)15-8-20(22)26/h17-19H,3-16H2,1-2H3,(H2,22,26)(H,23,27). The second-order valence-corrected chi connectivity index (χ2v) is 8.86. The quantitative estimate of drug-likeness (QED) is 0.606. The number of carbonyl (C=O) groups excluding carboxylic acids is 2. The number of amides is 2. The highest BCUT2D eigenvalue weighted by Gasteiger charge is 2.29. The van der Waals surface area contributed by atoms with Crippen molar-refractivity contribution in [1.29, 1.82) is 0 Å². The minimum atomic E-state index is -0.196. The molecule has 0 aromatic rings. The van der Waals surface area contributed by atoms with E-state index in [0.717, 1.165) is 64.1 Å². The van der Waals surface area contributed by atoms with Crippen molar-refractivity contribution in [2.45, 2.75) is 58.8 Å². The van der Waals surface area contributed by atoms with Crippen molar-refractivity contribution in [2.24, 2.45) is 23.5 Å². The van der Waals surface area contributed by atoms with Crippen molar-refractivity contribution >= 4 is 11.8 Å². The minimum absolute atomic E-state index is 0.195. The first-order chi connectivity index (χ1) is 12.9. The van der Waals surface area contributed by atoms with Gasteiger partial charge in [-0.1, -0.05) is 13.8 Å². The first-order valence-electron chi connectivity index (χ1n) is 10.9. The van der Waals surface area contributed by atoms with Crippen LogP contribution in [0.4, 0.5) is 0 Å². The SMILES string of the molecule is CC(C)CCNC(=O)CCN1CCC(C2CCN(CCC(N)=O)CC2)CC1. The number of rotatable bonds is 10. The van der Waals surface area contributed by atoms with Gasteiger partial charge in [-0.15, -0.1) is 0 Å². The number of primary amides is 1. The summed E-state index contributed by atoms with van der Waals surface area (Å²) in [4.78, 5) is 27.7. The molecule has 2 aliphatic heterocycles. The number of nitrogens with two attached hydrogens (primary N) is 1. The van der Waals surface area contributed by atoms with Gasteiger partial charge in [-0.2, -0.15) is 0 Å². The molecule has 0 aromatic carbocycles. The summed E-state index contributed by atoms with van der Waals surface area (Å²) in [5.74, 6) is 2.30. The normalized spacial score (nSPS) is 20.9. The average molecular weight is 381 g/mol. The zero-order chi connectivity index (χ0) is 19.6. The van der Waals surface area contributed by atoms with E-state index in [9.17, 15) is 9.59 Å². The fourth-order valence-corrected chi connectivity index (χ4v) is 4.41. The predicted octanol–water partition coefficient (Wildman–Crippen LogP) is 1.84. The second kappa shape index (κ2) is 11.6. The van der Waals surface area contributed by atoms with Crippen LogP contribution in [0, 0.1) is 17.8 Å². The van der Waals surface area contributed by atoms with E-state index in [1.165, 1.54) is 25.7 Å². The van der Waals surface area contributed by atoms with Crippen LogP contribution in [0.25, 0.3) is 0 Å². The number of nitrogens with zero attached hydrogens (tertiary/aromatic N) is 2. The van der Waals surface area contributed by atoms with Gasteiger partial charge < -0.3 is 20.9 Å². The molecule has 0 atom stereocenters. The third kappa shape index (κ3) is 8.60. The lowest BCUT2D eigenvalue weighted by Crippen LogP contribution is -2.42. The lowest BCUT2D eigenvalue weighted by atomic mass is 9.79. The van der Waals surface area contributed by atoms with Gasteiger partial charge in [0.15, 0.2) is 0 Å². The third-order valence-corrected chi connectivity index (χ3v) is 6.30. The third-order valence-electron chi connectivity index (χ3n) is 6.30. The zero-order valence-electron chi connectivity index (χ0n) is 17.4. The Morgan fingerprint density at radius 3 is 1.85 bits per heavy atom. The molecule has 2 heterocycles. The van der Waals surface area contributed by atoms with Crippen LogP contribution in [-0.4, -0.2) is 67.4 Å². The van der Waals surface area contributed by atoms with Gasteiger partial charge in [-0.25, -0.2) is 0 Å². The molecular formula is C21H40N4O2. The van der Waals surface area contributed by atoms with Gasteiger partial charge in [-0.05, 0) is 76.0 Å². The Hall–Kier alpha value is -1.14. The van der Waals surface area contributed by atoms with Gasteiger partial charge in [0.2, 0.25) is 11.8 Å². The van der Waals surface area contributed by atoms with Gasteiger partial charge in [0.05, 0.1) is 0 Å². The van der Waals surface area contributed by atoms with Crippen molar-refractivity contribution in [1.82, 2.24) is 15.1 Å². The number of piperidine rings is 2. The van der Waals surface area contributed by atoms with Crippen molar-refractivity contribution in [3.05, 3.63) is 0 Å². The molecule has 156 valence electrons. The molecule has 0 saturated carbocycles. The fourth-order valence-electron chi connectivity index (χ4n) is 4.41. The van der Waals surface area contributed by atoms with Crippen molar-refractivity contribution < 1.29 is 9.59 Å². The largest absolute Gasteiger partial charge is 0.370 e. The van der Waals surface area contributed by atoms with Crippen LogP contribution in [0.2, 0.25) is 0 Å². The summed E-state index contributed by atoms with van der Waals surface area (Å²) in [5.41, 5.74) is 5.25. The second-order valence-electron chi connectivity index (χ2n) is 8.86. The first kappa shape index (κ1) is 22.2. The van der Waals surface area contributed by atoms with Crippen LogP contribution in [0.15, 0.2) is 0 Å². The fraction of sp³-hybridized carbons (Fsp3) is 0.905. The predicted molar refractivity (Wildman–Crippen MR) is 109 cm³/mol. The lowest BCUT2D eigenvalue weighted by molar-refractivity contribution is -0.121. The van der Waals surface area contributed by atoms with Crippen LogP contribution in [0.1, 0.15) is 58.8 Å². The van der Waals surface area contributed by atoms with Gasteiger partial charge in [0.1, 0.15) is 0 Å². The summed E-state index contributed by atoms with van der Waals surface area (Å²) in [6.07, 6.45) is 7.19. The molecule has 0 radical (unpaired) electrons. The number of carbonyl (C=O) groups is 2. The summed E-state index contributed by atoms with van der Waals surface area (Å²) >= 11 is 0. The Kier molecular flexibility index (Phi) is 9.56. The molecule has 2 saturated heterocycles. The summed E-state index contributed by atoms with van der Waals surface area (Å²) in [7, 11) is 0. The van der Waals surface area contributed by atoms with E-state index in [-0.39, 0.29) is 11.8 Å². The number of hydrogen-bond donors (Lipinski definition) is 2. The highest BCUT2D eigenvalue weighted by molar-refractivity contribution is 5.76. The maximum absolute atomic E-state index is 11.9. The number of hydrogen-bond acceptors (Lipinski definition) is 4. The van der Waals surface area contributed by atoms with Crippen LogP contribution in [0.5, 0.6) is 0 Å². The number of nitrogens with one attached hydrogen (secondary N) is 1. The molecule has 0 aromatic heterocycles. The van der Waals surface area contributed by atoms with E-state index < -0.39 is 0 Å². The highest BCUT2D eigenvalue weighted by atomic mass is 16.1. The van der Waals surface area contributed by atoms with Crippen LogP contribution in [0.3, 0.4) is 0 Å². The molecule has 2 rings (SSSR count). The summed E-state index contributed by atoms with van der Waals surface area (Å²) in [5, 5.41) is 3.04. The molecule has 6 nitrogen and oxygen atoms in total. The average Bonchev–Trinajstić information content (AvgIpc) is 2.65. The van der Waals surface area contributed by atoms with Gasteiger partial charge >= 0.3 is 0 Å². The summed E-state index contributed by atoms with van der Waals surface area (Å²) < 4.78 is 0. The Morgan fingerprint density at radius 1 is 0.926 bits per heavy atom. The van der Waals surface area contributed by atoms with Crippen molar-refractivity contribution in [3.63, 3.8) is 0 Å². The Balaban J connectivity index is 1.56. The summed E-state index contributed by atoms with van der Waals surface area (Å²) in [6.45, 7) is 11.4. The van der Waals surface area contributed by atoms with E-state index in [4.69, 9.17) is 5.73 Å². The molecule has 2 amide bonds. The van der Waals surface area contributed by atoms with Gasteiger partial charge in [0.25, 0.3) is 0 Å². The smallest absolute Gasteiger partial charge is 0.221 e. The maximum Gasteiger partial charge on any atom is 0.221 e. The Morgan fingerprint density at radius 2 is 1.41 bits per heavy atom. The van der Waals surface area contributed by atoms with Crippen LogP contribution >= 0.6 is 0 Å². The molecule has 0 bridgehead atoms. The van der Waals surface area contributed by atoms with Gasteiger partial charge in [0, 0.05) is 32.5 Å². The van der Waals surface area contributed by atoms with E-state index in [0.29, 0.717) is 18.8 Å². The molecule has 6 heteroatoms. The van der Waals surface area contributed by atoms with E-state index >= 15 is 0 Å². The van der Waals surface area contributed by atoms with E-state index in [1.54, 1.807) is 0 Å². The molecule has 0 aliphatic carbocycles. The molecular weight excluding hydrogens is 340 g/mol. The Bertz CT molecular complexity index is 453. The van der Waals surface area contributed by atoms with Crippen molar-refractivity contribution in [3.8, 4) is 0 Å². The van der Waals surface area contributed by atoms with Gasteiger partial charge in [-0.3, -0.25) is 9.59 Å². The molecule has 27 heavy (non-hydrogen) atoms. The molecule has 2 aliphatic rings. The highest BCUT2D eigenvalue weighted by Crippen LogP contribution is 2.32.